The van der Waals surface area contributed by atoms with Crippen molar-refractivity contribution in [2.45, 2.75) is 23.8 Å². The Labute approximate surface area is 162 Å². The number of pyridine rings is 1. The average Bonchev–Trinajstić information content (AvgIpc) is 2.61. The maximum atomic E-state index is 12.4. The third-order valence-electron chi connectivity index (χ3n) is 3.47. The molecule has 2 aromatic rings. The second-order valence-corrected chi connectivity index (χ2v) is 9.04. The Morgan fingerprint density at radius 2 is 1.80 bits per heavy atom. The number of thioether (sulfide) groups is 1. The molecular formula is C17H21BrN2O3S2. The summed E-state index contributed by atoms with van der Waals surface area (Å²) in [6.07, 6.45) is 1.42. The standard InChI is InChI=1S/C17H21BrN2O3S2/c1-3-20(4-2)25(21,22)16-9-10-17(19-13-16)24-12-11-23-15-7-5-14(18)6-8-15/h5-10,13H,3-4,11-12H2,1-2H3. The van der Waals surface area contributed by atoms with E-state index in [1.807, 2.05) is 38.1 Å². The van der Waals surface area contributed by atoms with E-state index in [0.29, 0.717) is 19.7 Å². The first-order valence-corrected chi connectivity index (χ1v) is 11.2. The first kappa shape index (κ1) is 20.2. The quantitative estimate of drug-likeness (QED) is 0.431. The van der Waals surface area contributed by atoms with Crippen molar-refractivity contribution in [3.8, 4) is 5.75 Å². The summed E-state index contributed by atoms with van der Waals surface area (Å²) >= 11 is 4.91. The smallest absolute Gasteiger partial charge is 0.244 e. The number of hydrogen-bond donors (Lipinski definition) is 0. The topological polar surface area (TPSA) is 59.5 Å². The number of ether oxygens (including phenoxy) is 1. The van der Waals surface area contributed by atoms with E-state index in [1.165, 1.54) is 22.3 Å². The number of benzene rings is 1. The normalized spacial score (nSPS) is 11.7. The van der Waals surface area contributed by atoms with Gasteiger partial charge >= 0.3 is 0 Å². The second-order valence-electron chi connectivity index (χ2n) is 5.07. The van der Waals surface area contributed by atoms with E-state index in [9.17, 15) is 8.42 Å². The summed E-state index contributed by atoms with van der Waals surface area (Å²) < 4.78 is 32.9. The minimum absolute atomic E-state index is 0.228. The zero-order valence-corrected chi connectivity index (χ0v) is 17.4. The van der Waals surface area contributed by atoms with Gasteiger partial charge in [0, 0.05) is 29.5 Å². The van der Waals surface area contributed by atoms with Gasteiger partial charge < -0.3 is 4.74 Å². The molecule has 1 aromatic heterocycles. The van der Waals surface area contributed by atoms with Gasteiger partial charge in [-0.15, -0.1) is 11.8 Å². The Kier molecular flexibility index (Phi) is 7.74. The summed E-state index contributed by atoms with van der Waals surface area (Å²) in [5, 5.41) is 0.776. The van der Waals surface area contributed by atoms with Crippen LogP contribution in [0.4, 0.5) is 0 Å². The van der Waals surface area contributed by atoms with Gasteiger partial charge in [-0.25, -0.2) is 13.4 Å². The lowest BCUT2D eigenvalue weighted by Crippen LogP contribution is -2.30. The molecule has 0 aliphatic heterocycles. The van der Waals surface area contributed by atoms with Crippen LogP contribution in [0.25, 0.3) is 0 Å². The minimum Gasteiger partial charge on any atom is -0.493 e. The van der Waals surface area contributed by atoms with Crippen LogP contribution < -0.4 is 4.74 Å². The molecular weight excluding hydrogens is 424 g/mol. The lowest BCUT2D eigenvalue weighted by molar-refractivity contribution is 0.344. The molecule has 136 valence electrons. The van der Waals surface area contributed by atoms with Crippen LogP contribution in [-0.2, 0) is 10.0 Å². The molecule has 1 heterocycles. The van der Waals surface area contributed by atoms with Crippen molar-refractivity contribution in [2.75, 3.05) is 25.4 Å². The van der Waals surface area contributed by atoms with Crippen molar-refractivity contribution < 1.29 is 13.2 Å². The van der Waals surface area contributed by atoms with Gasteiger partial charge in [-0.2, -0.15) is 4.31 Å². The zero-order valence-electron chi connectivity index (χ0n) is 14.2. The zero-order chi connectivity index (χ0) is 18.3. The van der Waals surface area contributed by atoms with Crippen molar-refractivity contribution in [3.05, 3.63) is 47.1 Å². The summed E-state index contributed by atoms with van der Waals surface area (Å²) in [6.45, 7) is 5.09. The molecule has 0 unspecified atom stereocenters. The number of sulfonamides is 1. The lowest BCUT2D eigenvalue weighted by atomic mass is 10.3. The largest absolute Gasteiger partial charge is 0.493 e. The Morgan fingerprint density at radius 3 is 2.36 bits per heavy atom. The molecule has 0 aliphatic carbocycles. The molecule has 8 heteroatoms. The number of halogens is 1. The van der Waals surface area contributed by atoms with Crippen molar-refractivity contribution >= 4 is 37.7 Å². The van der Waals surface area contributed by atoms with Crippen LogP contribution >= 0.6 is 27.7 Å². The highest BCUT2D eigenvalue weighted by Crippen LogP contribution is 2.20. The Morgan fingerprint density at radius 1 is 1.12 bits per heavy atom. The third-order valence-corrected chi connectivity index (χ3v) is 6.94. The van der Waals surface area contributed by atoms with Crippen LogP contribution in [0, 0.1) is 0 Å². The van der Waals surface area contributed by atoms with Crippen LogP contribution in [0.15, 0.2) is 57.0 Å². The van der Waals surface area contributed by atoms with E-state index in [0.717, 1.165) is 21.0 Å². The molecule has 0 radical (unpaired) electrons. The third kappa shape index (κ3) is 5.70. The molecule has 0 atom stereocenters. The first-order chi connectivity index (χ1) is 12.0. The SMILES string of the molecule is CCN(CC)S(=O)(=O)c1ccc(SCCOc2ccc(Br)cc2)nc1. The fourth-order valence-corrected chi connectivity index (χ4v) is 4.49. The number of rotatable bonds is 9. The Bertz CT molecular complexity index is 761. The van der Waals surface area contributed by atoms with E-state index in [1.54, 1.807) is 12.1 Å². The summed E-state index contributed by atoms with van der Waals surface area (Å²) in [6, 6.07) is 11.0. The van der Waals surface area contributed by atoms with Gasteiger partial charge in [0.2, 0.25) is 10.0 Å². The summed E-state index contributed by atoms with van der Waals surface area (Å²) in [7, 11) is -3.45. The van der Waals surface area contributed by atoms with Crippen LogP contribution in [0.1, 0.15) is 13.8 Å². The van der Waals surface area contributed by atoms with Gasteiger partial charge in [-0.05, 0) is 36.4 Å². The van der Waals surface area contributed by atoms with Crippen LogP contribution in [0.2, 0.25) is 0 Å². The van der Waals surface area contributed by atoms with Crippen molar-refractivity contribution in [1.82, 2.24) is 9.29 Å². The van der Waals surface area contributed by atoms with E-state index in [4.69, 9.17) is 4.74 Å². The van der Waals surface area contributed by atoms with Crippen molar-refractivity contribution in [3.63, 3.8) is 0 Å². The van der Waals surface area contributed by atoms with Gasteiger partial charge in [0.15, 0.2) is 0 Å². The first-order valence-electron chi connectivity index (χ1n) is 7.94. The fourth-order valence-electron chi connectivity index (χ4n) is 2.15. The fraction of sp³-hybridized carbons (Fsp3) is 0.353. The summed E-state index contributed by atoms with van der Waals surface area (Å²) in [5.41, 5.74) is 0. The number of nitrogens with zero attached hydrogens (tertiary/aromatic N) is 2. The maximum Gasteiger partial charge on any atom is 0.244 e. The van der Waals surface area contributed by atoms with Crippen molar-refractivity contribution in [2.24, 2.45) is 0 Å². The molecule has 0 saturated carbocycles. The van der Waals surface area contributed by atoms with Crippen molar-refractivity contribution in [1.29, 1.82) is 0 Å². The number of aromatic nitrogens is 1. The molecule has 0 N–H and O–H groups in total. The van der Waals surface area contributed by atoms with E-state index in [-0.39, 0.29) is 4.90 Å². The van der Waals surface area contributed by atoms with E-state index in [2.05, 4.69) is 20.9 Å². The highest BCUT2D eigenvalue weighted by atomic mass is 79.9. The van der Waals surface area contributed by atoms with Gasteiger partial charge in [0.05, 0.1) is 11.6 Å². The molecule has 5 nitrogen and oxygen atoms in total. The predicted octanol–water partition coefficient (Wildman–Crippen LogP) is 4.05. The summed E-state index contributed by atoms with van der Waals surface area (Å²) in [4.78, 5) is 4.48. The molecule has 0 bridgehead atoms. The molecule has 0 amide bonds. The average molecular weight is 445 g/mol. The van der Waals surface area contributed by atoms with Gasteiger partial charge in [-0.1, -0.05) is 29.8 Å². The Hall–Kier alpha value is -1.09. The van der Waals surface area contributed by atoms with Gasteiger partial charge in [0.1, 0.15) is 10.6 Å². The Balaban J connectivity index is 1.87. The van der Waals surface area contributed by atoms with Crippen LogP contribution in [-0.4, -0.2) is 43.2 Å². The summed E-state index contributed by atoms with van der Waals surface area (Å²) in [5.74, 6) is 1.54. The van der Waals surface area contributed by atoms with E-state index >= 15 is 0 Å². The molecule has 0 aliphatic rings. The monoisotopic (exact) mass is 444 g/mol. The lowest BCUT2D eigenvalue weighted by Gasteiger charge is -2.18. The van der Waals surface area contributed by atoms with E-state index < -0.39 is 10.0 Å². The van der Waals surface area contributed by atoms with Gasteiger partial charge in [0.25, 0.3) is 0 Å². The molecule has 25 heavy (non-hydrogen) atoms. The molecule has 2 rings (SSSR count). The minimum atomic E-state index is -3.45. The highest BCUT2D eigenvalue weighted by molar-refractivity contribution is 9.10. The maximum absolute atomic E-state index is 12.4. The number of hydrogen-bond acceptors (Lipinski definition) is 5. The van der Waals surface area contributed by atoms with Gasteiger partial charge in [-0.3, -0.25) is 0 Å². The van der Waals surface area contributed by atoms with Crippen LogP contribution in [0.3, 0.4) is 0 Å². The molecule has 0 spiro atoms. The second kappa shape index (κ2) is 9.56. The van der Waals surface area contributed by atoms with Crippen LogP contribution in [0.5, 0.6) is 5.75 Å². The predicted molar refractivity (Wildman–Crippen MR) is 105 cm³/mol. The highest BCUT2D eigenvalue weighted by Gasteiger charge is 2.21. The molecule has 0 saturated heterocycles. The molecule has 0 fully saturated rings. The molecule has 1 aromatic carbocycles.